The first kappa shape index (κ1) is 15.9. The first-order chi connectivity index (χ1) is 10.1. The summed E-state index contributed by atoms with van der Waals surface area (Å²) in [6.45, 7) is 5.58. The van der Waals surface area contributed by atoms with Crippen LogP contribution in [0, 0.1) is 0 Å². The molecule has 1 atom stereocenters. The van der Waals surface area contributed by atoms with Gasteiger partial charge in [-0.05, 0) is 12.8 Å². The highest BCUT2D eigenvalue weighted by Gasteiger charge is 2.18. The van der Waals surface area contributed by atoms with Gasteiger partial charge in [0.2, 0.25) is 11.8 Å². The van der Waals surface area contributed by atoms with Crippen LogP contribution in [-0.4, -0.2) is 53.9 Å². The Morgan fingerprint density at radius 1 is 1.52 bits per heavy atom. The molecular weight excluding hydrogens is 274 g/mol. The van der Waals surface area contributed by atoms with Gasteiger partial charge in [-0.15, -0.1) is 0 Å². The number of amides is 1. The van der Waals surface area contributed by atoms with Gasteiger partial charge in [0.05, 0.1) is 19.3 Å². The van der Waals surface area contributed by atoms with E-state index in [1.807, 2.05) is 13.8 Å². The quantitative estimate of drug-likeness (QED) is 0.756. The molecule has 1 saturated heterocycles. The van der Waals surface area contributed by atoms with Gasteiger partial charge in [-0.25, -0.2) is 0 Å². The maximum Gasteiger partial charge on any atom is 0.248 e. The summed E-state index contributed by atoms with van der Waals surface area (Å²) in [7, 11) is 1.70. The predicted octanol–water partition coefficient (Wildman–Crippen LogP) is 1.35. The van der Waals surface area contributed by atoms with Crippen molar-refractivity contribution in [2.24, 2.45) is 0 Å². The number of hydrogen-bond donors (Lipinski definition) is 0. The second-order valence-corrected chi connectivity index (χ2v) is 5.60. The summed E-state index contributed by atoms with van der Waals surface area (Å²) in [4.78, 5) is 17.7. The number of ether oxygens (including phenoxy) is 2. The summed E-state index contributed by atoms with van der Waals surface area (Å²) in [5.74, 6) is 1.17. The lowest BCUT2D eigenvalue weighted by Gasteiger charge is -2.16. The van der Waals surface area contributed by atoms with Gasteiger partial charge in [0, 0.05) is 19.6 Å². The van der Waals surface area contributed by atoms with E-state index in [0.29, 0.717) is 24.9 Å². The second-order valence-electron chi connectivity index (χ2n) is 5.60. The number of carbonyl (C=O) groups is 1. The van der Waals surface area contributed by atoms with Crippen LogP contribution in [-0.2, 0) is 20.8 Å². The third kappa shape index (κ3) is 4.78. The van der Waals surface area contributed by atoms with Gasteiger partial charge in [0.1, 0.15) is 6.61 Å². The van der Waals surface area contributed by atoms with E-state index < -0.39 is 0 Å². The molecule has 2 heterocycles. The van der Waals surface area contributed by atoms with E-state index >= 15 is 0 Å². The lowest BCUT2D eigenvalue weighted by atomic mass is 10.2. The molecule has 0 saturated carbocycles. The van der Waals surface area contributed by atoms with Crippen molar-refractivity contribution in [3.8, 4) is 0 Å². The highest BCUT2D eigenvalue weighted by Crippen LogP contribution is 2.13. The summed E-state index contributed by atoms with van der Waals surface area (Å²) in [6.07, 6.45) is 2.21. The molecular formula is C14H23N3O4. The number of likely N-dealkylation sites (N-methyl/N-ethyl adjacent to an activating group) is 1. The van der Waals surface area contributed by atoms with Crippen LogP contribution in [0.5, 0.6) is 0 Å². The normalized spacial score (nSPS) is 18.4. The lowest BCUT2D eigenvalue weighted by molar-refractivity contribution is -0.136. The average molecular weight is 297 g/mol. The zero-order chi connectivity index (χ0) is 15.2. The fraction of sp³-hybridized carbons (Fsp3) is 0.786. The Kier molecular flexibility index (Phi) is 5.69. The third-order valence-electron chi connectivity index (χ3n) is 3.34. The molecule has 1 aliphatic heterocycles. The summed E-state index contributed by atoms with van der Waals surface area (Å²) in [5.41, 5.74) is 0. The molecule has 2 rings (SSSR count). The Bertz CT molecular complexity index is 455. The van der Waals surface area contributed by atoms with Crippen molar-refractivity contribution in [2.45, 2.75) is 45.3 Å². The molecule has 7 nitrogen and oxygen atoms in total. The SMILES string of the molecule is CC(C)c1nc(CN(C)C(=O)COCC2CCCO2)no1. The van der Waals surface area contributed by atoms with E-state index in [1.54, 1.807) is 7.05 Å². The number of rotatable bonds is 7. The van der Waals surface area contributed by atoms with Gasteiger partial charge in [0.15, 0.2) is 5.82 Å². The molecule has 1 fully saturated rings. The fourth-order valence-corrected chi connectivity index (χ4v) is 2.03. The number of nitrogens with zero attached hydrogens (tertiary/aromatic N) is 3. The number of hydrogen-bond acceptors (Lipinski definition) is 6. The Labute approximate surface area is 124 Å². The minimum absolute atomic E-state index is 0.0469. The van der Waals surface area contributed by atoms with Crippen molar-refractivity contribution in [1.29, 1.82) is 0 Å². The largest absolute Gasteiger partial charge is 0.376 e. The van der Waals surface area contributed by atoms with E-state index in [1.165, 1.54) is 4.90 Å². The van der Waals surface area contributed by atoms with Crippen LogP contribution < -0.4 is 0 Å². The molecule has 1 aromatic rings. The minimum atomic E-state index is -0.108. The molecule has 1 amide bonds. The molecule has 1 unspecified atom stereocenters. The van der Waals surface area contributed by atoms with E-state index in [0.717, 1.165) is 19.4 Å². The van der Waals surface area contributed by atoms with Crippen LogP contribution in [0.3, 0.4) is 0 Å². The Morgan fingerprint density at radius 2 is 2.33 bits per heavy atom. The van der Waals surface area contributed by atoms with Gasteiger partial charge in [-0.2, -0.15) is 4.98 Å². The smallest absolute Gasteiger partial charge is 0.248 e. The number of carbonyl (C=O) groups excluding carboxylic acids is 1. The van der Waals surface area contributed by atoms with Crippen LogP contribution >= 0.6 is 0 Å². The van der Waals surface area contributed by atoms with Crippen LogP contribution in [0.15, 0.2) is 4.52 Å². The molecule has 0 bridgehead atoms. The standard InChI is InChI=1S/C14H23N3O4/c1-10(2)14-15-12(16-21-14)7-17(3)13(18)9-19-8-11-5-4-6-20-11/h10-11H,4-9H2,1-3H3. The van der Waals surface area contributed by atoms with E-state index in [4.69, 9.17) is 14.0 Å². The average Bonchev–Trinajstić information content (AvgIpc) is 3.09. The predicted molar refractivity (Wildman–Crippen MR) is 74.7 cm³/mol. The molecule has 118 valence electrons. The zero-order valence-electron chi connectivity index (χ0n) is 12.9. The highest BCUT2D eigenvalue weighted by atomic mass is 16.5. The monoisotopic (exact) mass is 297 g/mol. The molecule has 1 aromatic heterocycles. The van der Waals surface area contributed by atoms with E-state index in [-0.39, 0.29) is 24.5 Å². The van der Waals surface area contributed by atoms with Crippen LogP contribution in [0.25, 0.3) is 0 Å². The third-order valence-corrected chi connectivity index (χ3v) is 3.34. The maximum atomic E-state index is 11.9. The molecule has 1 aliphatic rings. The second kappa shape index (κ2) is 7.51. The minimum Gasteiger partial charge on any atom is -0.376 e. The van der Waals surface area contributed by atoms with Gasteiger partial charge in [-0.3, -0.25) is 4.79 Å². The van der Waals surface area contributed by atoms with Crippen molar-refractivity contribution >= 4 is 5.91 Å². The Balaban J connectivity index is 1.70. The van der Waals surface area contributed by atoms with E-state index in [2.05, 4.69) is 10.1 Å². The molecule has 0 spiro atoms. The van der Waals surface area contributed by atoms with Crippen molar-refractivity contribution in [2.75, 3.05) is 26.9 Å². The molecule has 21 heavy (non-hydrogen) atoms. The van der Waals surface area contributed by atoms with Crippen LogP contribution in [0.4, 0.5) is 0 Å². The first-order valence-corrected chi connectivity index (χ1v) is 7.32. The summed E-state index contributed by atoms with van der Waals surface area (Å²) >= 11 is 0. The highest BCUT2D eigenvalue weighted by molar-refractivity contribution is 5.77. The summed E-state index contributed by atoms with van der Waals surface area (Å²) < 4.78 is 15.9. The molecule has 7 heteroatoms. The van der Waals surface area contributed by atoms with E-state index in [9.17, 15) is 4.79 Å². The Morgan fingerprint density at radius 3 is 2.95 bits per heavy atom. The van der Waals surface area contributed by atoms with Crippen LogP contribution in [0.1, 0.15) is 44.3 Å². The van der Waals surface area contributed by atoms with Crippen molar-refractivity contribution in [3.05, 3.63) is 11.7 Å². The summed E-state index contributed by atoms with van der Waals surface area (Å²) in [6, 6.07) is 0. The van der Waals surface area contributed by atoms with Crippen molar-refractivity contribution in [3.63, 3.8) is 0 Å². The molecule has 0 radical (unpaired) electrons. The van der Waals surface area contributed by atoms with Crippen LogP contribution in [0.2, 0.25) is 0 Å². The Hall–Kier alpha value is -1.47. The first-order valence-electron chi connectivity index (χ1n) is 7.32. The molecule has 0 N–H and O–H groups in total. The van der Waals surface area contributed by atoms with Crippen molar-refractivity contribution < 1.29 is 18.8 Å². The van der Waals surface area contributed by atoms with Gasteiger partial charge >= 0.3 is 0 Å². The van der Waals surface area contributed by atoms with Crippen molar-refractivity contribution in [1.82, 2.24) is 15.0 Å². The summed E-state index contributed by atoms with van der Waals surface area (Å²) in [5, 5.41) is 3.86. The zero-order valence-corrected chi connectivity index (χ0v) is 12.9. The maximum absolute atomic E-state index is 11.9. The number of aromatic nitrogens is 2. The van der Waals surface area contributed by atoms with Gasteiger partial charge < -0.3 is 18.9 Å². The molecule has 0 aliphatic carbocycles. The van der Waals surface area contributed by atoms with Gasteiger partial charge in [-0.1, -0.05) is 19.0 Å². The van der Waals surface area contributed by atoms with Gasteiger partial charge in [0.25, 0.3) is 0 Å². The lowest BCUT2D eigenvalue weighted by Crippen LogP contribution is -2.31. The topological polar surface area (TPSA) is 77.7 Å². The molecule has 0 aromatic carbocycles. The fourth-order valence-electron chi connectivity index (χ4n) is 2.03.